The van der Waals surface area contributed by atoms with Crippen LogP contribution in [-0.2, 0) is 6.42 Å². The van der Waals surface area contributed by atoms with Crippen molar-refractivity contribution in [1.29, 1.82) is 0 Å². The summed E-state index contributed by atoms with van der Waals surface area (Å²) >= 11 is 0. The predicted molar refractivity (Wildman–Crippen MR) is 43.9 cm³/mol. The number of carbonyl (C=O) groups excluding carboxylic acids is 1. The molecule has 0 aliphatic heterocycles. The van der Waals surface area contributed by atoms with E-state index in [1.165, 1.54) is 6.33 Å². The summed E-state index contributed by atoms with van der Waals surface area (Å²) in [4.78, 5) is 19.4. The zero-order valence-electron chi connectivity index (χ0n) is 6.79. The minimum atomic E-state index is 0.197. The van der Waals surface area contributed by atoms with Crippen LogP contribution in [0.4, 0.5) is 0 Å². The number of fused-ring (bicyclic) bond motifs is 1. The SMILES string of the molecule is O=C1CCCCc2ncncc21. The summed E-state index contributed by atoms with van der Waals surface area (Å²) in [6, 6.07) is 0. The highest BCUT2D eigenvalue weighted by molar-refractivity contribution is 5.97. The molecule has 1 heterocycles. The second-order valence-electron chi connectivity index (χ2n) is 3.01. The molecule has 0 amide bonds. The molecule has 0 atom stereocenters. The van der Waals surface area contributed by atoms with Crippen molar-refractivity contribution in [2.45, 2.75) is 25.7 Å². The zero-order chi connectivity index (χ0) is 8.39. The maximum Gasteiger partial charge on any atom is 0.166 e. The number of aromatic nitrogens is 2. The number of hydrogen-bond donors (Lipinski definition) is 0. The van der Waals surface area contributed by atoms with Gasteiger partial charge in [-0.3, -0.25) is 4.79 Å². The van der Waals surface area contributed by atoms with Crippen molar-refractivity contribution in [1.82, 2.24) is 9.97 Å². The van der Waals surface area contributed by atoms with Gasteiger partial charge in [0.05, 0.1) is 11.3 Å². The van der Waals surface area contributed by atoms with E-state index in [-0.39, 0.29) is 5.78 Å². The Labute approximate surface area is 70.9 Å². The van der Waals surface area contributed by atoms with E-state index in [0.717, 1.165) is 30.5 Å². The number of nitrogens with zero attached hydrogens (tertiary/aromatic N) is 2. The fourth-order valence-corrected chi connectivity index (χ4v) is 1.50. The van der Waals surface area contributed by atoms with Gasteiger partial charge in [-0.1, -0.05) is 0 Å². The molecule has 0 bridgehead atoms. The molecule has 0 spiro atoms. The molecule has 12 heavy (non-hydrogen) atoms. The summed E-state index contributed by atoms with van der Waals surface area (Å²) in [5.74, 6) is 0.197. The van der Waals surface area contributed by atoms with Crippen LogP contribution in [0.1, 0.15) is 35.3 Å². The average Bonchev–Trinajstić information content (AvgIpc) is 2.29. The molecule has 0 N–H and O–H groups in total. The van der Waals surface area contributed by atoms with Gasteiger partial charge in [0.15, 0.2) is 5.78 Å². The van der Waals surface area contributed by atoms with Gasteiger partial charge in [0.25, 0.3) is 0 Å². The Hall–Kier alpha value is -1.25. The van der Waals surface area contributed by atoms with Crippen molar-refractivity contribution in [2.75, 3.05) is 0 Å². The first kappa shape index (κ1) is 7.40. The van der Waals surface area contributed by atoms with Crippen molar-refractivity contribution < 1.29 is 4.79 Å². The van der Waals surface area contributed by atoms with E-state index < -0.39 is 0 Å². The third-order valence-corrected chi connectivity index (χ3v) is 2.16. The number of Topliss-reactive ketones (excluding diaryl/α,β-unsaturated/α-hetero) is 1. The highest BCUT2D eigenvalue weighted by Crippen LogP contribution is 2.16. The Balaban J connectivity index is 2.46. The van der Waals surface area contributed by atoms with Crippen molar-refractivity contribution in [3.63, 3.8) is 0 Å². The van der Waals surface area contributed by atoms with E-state index in [9.17, 15) is 4.79 Å². The Morgan fingerprint density at radius 3 is 3.00 bits per heavy atom. The first-order valence-corrected chi connectivity index (χ1v) is 4.20. The summed E-state index contributed by atoms with van der Waals surface area (Å²) < 4.78 is 0. The third kappa shape index (κ3) is 1.22. The van der Waals surface area contributed by atoms with E-state index >= 15 is 0 Å². The number of aryl methyl sites for hydroxylation is 1. The molecular formula is C9H10N2O. The lowest BCUT2D eigenvalue weighted by Crippen LogP contribution is -2.02. The van der Waals surface area contributed by atoms with Gasteiger partial charge in [-0.2, -0.15) is 0 Å². The molecule has 1 aliphatic rings. The van der Waals surface area contributed by atoms with E-state index in [2.05, 4.69) is 9.97 Å². The Morgan fingerprint density at radius 1 is 1.25 bits per heavy atom. The molecule has 0 radical (unpaired) electrons. The summed E-state index contributed by atoms with van der Waals surface area (Å²) in [6.45, 7) is 0. The van der Waals surface area contributed by atoms with Crippen LogP contribution < -0.4 is 0 Å². The van der Waals surface area contributed by atoms with Gasteiger partial charge in [0.1, 0.15) is 6.33 Å². The van der Waals surface area contributed by atoms with Gasteiger partial charge < -0.3 is 0 Å². The number of rotatable bonds is 0. The highest BCUT2D eigenvalue weighted by Gasteiger charge is 2.15. The summed E-state index contributed by atoms with van der Waals surface area (Å²) in [7, 11) is 0. The second kappa shape index (κ2) is 3.01. The van der Waals surface area contributed by atoms with Crippen LogP contribution in [0.15, 0.2) is 12.5 Å². The van der Waals surface area contributed by atoms with E-state index in [0.29, 0.717) is 6.42 Å². The lowest BCUT2D eigenvalue weighted by atomic mass is 10.1. The molecule has 0 unspecified atom stereocenters. The minimum absolute atomic E-state index is 0.197. The maximum absolute atomic E-state index is 11.4. The quantitative estimate of drug-likeness (QED) is 0.541. The van der Waals surface area contributed by atoms with Crippen molar-refractivity contribution in [3.05, 3.63) is 23.8 Å². The molecule has 3 heteroatoms. The van der Waals surface area contributed by atoms with Crippen LogP contribution in [0.3, 0.4) is 0 Å². The molecule has 1 aromatic heterocycles. The van der Waals surface area contributed by atoms with E-state index in [1.54, 1.807) is 6.20 Å². The van der Waals surface area contributed by atoms with Crippen LogP contribution >= 0.6 is 0 Å². The molecule has 2 rings (SSSR count). The average molecular weight is 162 g/mol. The second-order valence-corrected chi connectivity index (χ2v) is 3.01. The van der Waals surface area contributed by atoms with E-state index in [4.69, 9.17) is 0 Å². The normalized spacial score (nSPS) is 16.8. The summed E-state index contributed by atoms with van der Waals surface area (Å²) in [6.07, 6.45) is 6.77. The Morgan fingerprint density at radius 2 is 2.08 bits per heavy atom. The van der Waals surface area contributed by atoms with Gasteiger partial charge in [-0.15, -0.1) is 0 Å². The topological polar surface area (TPSA) is 42.9 Å². The summed E-state index contributed by atoms with van der Waals surface area (Å²) in [5.41, 5.74) is 1.66. The largest absolute Gasteiger partial charge is 0.294 e. The maximum atomic E-state index is 11.4. The van der Waals surface area contributed by atoms with Crippen molar-refractivity contribution in [2.24, 2.45) is 0 Å². The molecule has 0 saturated heterocycles. The third-order valence-electron chi connectivity index (χ3n) is 2.16. The smallest absolute Gasteiger partial charge is 0.166 e. The summed E-state index contributed by atoms with van der Waals surface area (Å²) in [5, 5.41) is 0. The number of ketones is 1. The molecule has 0 saturated carbocycles. The van der Waals surface area contributed by atoms with Gasteiger partial charge in [-0.05, 0) is 19.3 Å². The fourth-order valence-electron chi connectivity index (χ4n) is 1.50. The molecule has 62 valence electrons. The first-order valence-electron chi connectivity index (χ1n) is 4.20. The minimum Gasteiger partial charge on any atom is -0.294 e. The van der Waals surface area contributed by atoms with Crippen LogP contribution in [0, 0.1) is 0 Å². The molecular weight excluding hydrogens is 152 g/mol. The molecule has 1 aromatic rings. The van der Waals surface area contributed by atoms with Crippen molar-refractivity contribution in [3.8, 4) is 0 Å². The first-order chi connectivity index (χ1) is 5.88. The number of hydrogen-bond acceptors (Lipinski definition) is 3. The lowest BCUT2D eigenvalue weighted by molar-refractivity contribution is 0.0981. The standard InChI is InChI=1S/C9H10N2O/c12-9-4-2-1-3-8-7(9)5-10-6-11-8/h5-6H,1-4H2. The van der Waals surface area contributed by atoms with Crippen LogP contribution in [-0.4, -0.2) is 15.8 Å². The van der Waals surface area contributed by atoms with Gasteiger partial charge in [0.2, 0.25) is 0 Å². The Kier molecular flexibility index (Phi) is 1.86. The van der Waals surface area contributed by atoms with Crippen LogP contribution in [0.2, 0.25) is 0 Å². The van der Waals surface area contributed by atoms with E-state index in [1.807, 2.05) is 0 Å². The lowest BCUT2D eigenvalue weighted by Gasteiger charge is -1.99. The molecule has 3 nitrogen and oxygen atoms in total. The predicted octanol–water partition coefficient (Wildman–Crippen LogP) is 1.39. The molecule has 0 fully saturated rings. The van der Waals surface area contributed by atoms with Gasteiger partial charge in [0, 0.05) is 12.6 Å². The van der Waals surface area contributed by atoms with Crippen LogP contribution in [0.25, 0.3) is 0 Å². The van der Waals surface area contributed by atoms with Crippen molar-refractivity contribution >= 4 is 5.78 Å². The number of carbonyl (C=O) groups is 1. The zero-order valence-corrected chi connectivity index (χ0v) is 6.79. The molecule has 1 aliphatic carbocycles. The Bertz CT molecular complexity index is 309. The fraction of sp³-hybridized carbons (Fsp3) is 0.444. The van der Waals surface area contributed by atoms with Gasteiger partial charge >= 0.3 is 0 Å². The van der Waals surface area contributed by atoms with Crippen LogP contribution in [0.5, 0.6) is 0 Å². The monoisotopic (exact) mass is 162 g/mol. The molecule has 0 aromatic carbocycles. The van der Waals surface area contributed by atoms with Gasteiger partial charge in [-0.25, -0.2) is 9.97 Å². The highest BCUT2D eigenvalue weighted by atomic mass is 16.1.